The van der Waals surface area contributed by atoms with Crippen LogP contribution in [0.2, 0.25) is 0 Å². The minimum Gasteiger partial charge on any atom is -0.488 e. The molecule has 0 aromatic heterocycles. The number of nitrogens with zero attached hydrogens (tertiary/aromatic N) is 1. The summed E-state index contributed by atoms with van der Waals surface area (Å²) >= 11 is 7.38. The summed E-state index contributed by atoms with van der Waals surface area (Å²) in [5, 5.41) is 9.50. The number of hydrogen-bond donors (Lipinski definition) is 1. The zero-order valence-corrected chi connectivity index (χ0v) is 20.8. The third-order valence-corrected chi connectivity index (χ3v) is 7.38. The maximum Gasteiger partial charge on any atom is 0.320 e. The van der Waals surface area contributed by atoms with Crippen LogP contribution in [-0.2, 0) is 17.9 Å². The molecule has 1 aliphatic heterocycles. The molecule has 4 rings (SSSR count). The third kappa shape index (κ3) is 5.42. The molecule has 3 aromatic carbocycles. The highest BCUT2D eigenvalue weighted by molar-refractivity contribution is 9.11. The first-order chi connectivity index (χ1) is 15.5. The largest absolute Gasteiger partial charge is 0.488 e. The van der Waals surface area contributed by atoms with E-state index in [9.17, 15) is 9.90 Å². The maximum absolute atomic E-state index is 11.6. The van der Waals surface area contributed by atoms with Gasteiger partial charge in [0.2, 0.25) is 0 Å². The van der Waals surface area contributed by atoms with Crippen LogP contribution in [0, 0.1) is 0 Å². The third-order valence-electron chi connectivity index (χ3n) is 5.83. The second-order valence-corrected chi connectivity index (χ2v) is 9.67. The van der Waals surface area contributed by atoms with Crippen LogP contribution in [0.25, 0.3) is 11.1 Å². The Labute approximate surface area is 205 Å². The summed E-state index contributed by atoms with van der Waals surface area (Å²) in [5.74, 6) is 0.0335. The Morgan fingerprint density at radius 1 is 1.03 bits per heavy atom. The molecule has 6 heteroatoms. The Bertz CT molecular complexity index is 1090. The molecule has 1 atom stereocenters. The summed E-state index contributed by atoms with van der Waals surface area (Å²) in [6, 6.07) is 22.1. The van der Waals surface area contributed by atoms with Crippen LogP contribution in [0.1, 0.15) is 30.4 Å². The summed E-state index contributed by atoms with van der Waals surface area (Å²) in [5.41, 5.74) is 4.43. The molecule has 1 aliphatic rings. The molecule has 0 bridgehead atoms. The molecule has 0 aliphatic carbocycles. The lowest BCUT2D eigenvalue weighted by molar-refractivity contribution is -0.144. The fourth-order valence-electron chi connectivity index (χ4n) is 4.14. The molecule has 0 amide bonds. The van der Waals surface area contributed by atoms with Crippen molar-refractivity contribution in [3.05, 3.63) is 86.8 Å². The highest BCUT2D eigenvalue weighted by Crippen LogP contribution is 2.33. The molecule has 32 heavy (non-hydrogen) atoms. The van der Waals surface area contributed by atoms with E-state index in [4.69, 9.17) is 4.74 Å². The van der Waals surface area contributed by atoms with Gasteiger partial charge in [0.1, 0.15) is 18.4 Å². The minimum atomic E-state index is -0.730. The van der Waals surface area contributed by atoms with Crippen molar-refractivity contribution < 1.29 is 14.6 Å². The van der Waals surface area contributed by atoms with Gasteiger partial charge in [0.25, 0.3) is 0 Å². The number of rotatable bonds is 7. The molecule has 0 saturated carbocycles. The van der Waals surface area contributed by atoms with Gasteiger partial charge in [0, 0.05) is 16.6 Å². The fraction of sp³-hybridized carbons (Fsp3) is 0.269. The Morgan fingerprint density at radius 3 is 2.59 bits per heavy atom. The van der Waals surface area contributed by atoms with Gasteiger partial charge in [-0.3, -0.25) is 9.69 Å². The summed E-state index contributed by atoms with van der Waals surface area (Å²) in [4.78, 5) is 13.6. The van der Waals surface area contributed by atoms with E-state index in [1.54, 1.807) is 0 Å². The Balaban J connectivity index is 1.44. The van der Waals surface area contributed by atoms with E-state index < -0.39 is 12.0 Å². The standard InChI is InChI=1S/C26H25Br2NO3/c27-22-15-18(16-29-14-5-4-11-23(29)26(30)31)12-13-24(22)32-17-20-9-6-10-21(25(20)28)19-7-2-1-3-8-19/h1-3,6-10,12-13,15,23H,4-5,11,14,16-17H2,(H,30,31)/t23-/m0/s1. The molecule has 0 radical (unpaired) electrons. The van der Waals surface area contributed by atoms with Crippen LogP contribution >= 0.6 is 31.9 Å². The molecule has 1 heterocycles. The summed E-state index contributed by atoms with van der Waals surface area (Å²) in [7, 11) is 0. The van der Waals surface area contributed by atoms with Crippen molar-refractivity contribution >= 4 is 37.8 Å². The van der Waals surface area contributed by atoms with E-state index in [1.807, 2.05) is 42.5 Å². The molecule has 1 N–H and O–H groups in total. The molecule has 1 fully saturated rings. The molecule has 1 saturated heterocycles. The van der Waals surface area contributed by atoms with E-state index in [2.05, 4.69) is 61.0 Å². The van der Waals surface area contributed by atoms with E-state index in [-0.39, 0.29) is 0 Å². The highest BCUT2D eigenvalue weighted by atomic mass is 79.9. The van der Waals surface area contributed by atoms with Crippen LogP contribution < -0.4 is 4.74 Å². The minimum absolute atomic E-state index is 0.396. The van der Waals surface area contributed by atoms with Gasteiger partial charge in [-0.15, -0.1) is 0 Å². The number of hydrogen-bond acceptors (Lipinski definition) is 3. The monoisotopic (exact) mass is 557 g/mol. The van der Waals surface area contributed by atoms with Gasteiger partial charge < -0.3 is 9.84 Å². The van der Waals surface area contributed by atoms with Crippen LogP contribution in [-0.4, -0.2) is 28.6 Å². The predicted molar refractivity (Wildman–Crippen MR) is 134 cm³/mol. The molecule has 3 aromatic rings. The maximum atomic E-state index is 11.6. The summed E-state index contributed by atoms with van der Waals surface area (Å²) in [6.45, 7) is 1.88. The van der Waals surface area contributed by atoms with Gasteiger partial charge >= 0.3 is 5.97 Å². The van der Waals surface area contributed by atoms with Gasteiger partial charge in [0.15, 0.2) is 0 Å². The average molecular weight is 559 g/mol. The Kier molecular flexibility index (Phi) is 7.66. The molecule has 166 valence electrons. The van der Waals surface area contributed by atoms with Crippen LogP contribution in [0.15, 0.2) is 75.7 Å². The first-order valence-corrected chi connectivity index (χ1v) is 12.3. The van der Waals surface area contributed by atoms with Crippen molar-refractivity contribution in [1.82, 2.24) is 4.90 Å². The topological polar surface area (TPSA) is 49.8 Å². The smallest absolute Gasteiger partial charge is 0.320 e. The van der Waals surface area contributed by atoms with Crippen molar-refractivity contribution in [3.8, 4) is 16.9 Å². The lowest BCUT2D eigenvalue weighted by atomic mass is 10.0. The molecular weight excluding hydrogens is 534 g/mol. The normalized spacial score (nSPS) is 16.6. The van der Waals surface area contributed by atoms with Crippen molar-refractivity contribution in [2.45, 2.75) is 38.5 Å². The highest BCUT2D eigenvalue weighted by Gasteiger charge is 2.28. The first-order valence-electron chi connectivity index (χ1n) is 10.7. The van der Waals surface area contributed by atoms with Gasteiger partial charge in [-0.25, -0.2) is 0 Å². The van der Waals surface area contributed by atoms with E-state index in [0.717, 1.165) is 56.3 Å². The van der Waals surface area contributed by atoms with Crippen molar-refractivity contribution in [1.29, 1.82) is 0 Å². The summed E-state index contributed by atoms with van der Waals surface area (Å²) < 4.78 is 8.02. The van der Waals surface area contributed by atoms with Gasteiger partial charge in [-0.05, 0) is 80.1 Å². The lowest BCUT2D eigenvalue weighted by Gasteiger charge is -2.32. The number of benzene rings is 3. The van der Waals surface area contributed by atoms with E-state index >= 15 is 0 Å². The number of carboxylic acid groups (broad SMARTS) is 1. The second-order valence-electron chi connectivity index (χ2n) is 8.02. The first kappa shape index (κ1) is 23.0. The number of aliphatic carboxylic acids is 1. The molecule has 0 spiro atoms. The second kappa shape index (κ2) is 10.6. The summed E-state index contributed by atoms with van der Waals surface area (Å²) in [6.07, 6.45) is 2.74. The Hall–Kier alpha value is -2.15. The van der Waals surface area contributed by atoms with E-state index in [1.165, 1.54) is 0 Å². The van der Waals surface area contributed by atoms with Crippen molar-refractivity contribution in [3.63, 3.8) is 0 Å². The van der Waals surface area contributed by atoms with Gasteiger partial charge in [-0.1, -0.05) is 61.0 Å². The number of likely N-dealkylation sites (tertiary alicyclic amines) is 1. The fourth-order valence-corrected chi connectivity index (χ4v) is 5.29. The predicted octanol–water partition coefficient (Wildman–Crippen LogP) is 6.90. The zero-order chi connectivity index (χ0) is 22.5. The molecule has 0 unspecified atom stereocenters. The number of carboxylic acids is 1. The van der Waals surface area contributed by atoms with Crippen LogP contribution in [0.5, 0.6) is 5.75 Å². The van der Waals surface area contributed by atoms with Crippen molar-refractivity contribution in [2.24, 2.45) is 0 Å². The number of halogens is 2. The SMILES string of the molecule is O=C(O)[C@@H]1CCCCN1Cc1ccc(OCc2cccc(-c3ccccc3)c2Br)c(Br)c1. The lowest BCUT2D eigenvalue weighted by Crippen LogP contribution is -2.43. The Morgan fingerprint density at radius 2 is 1.84 bits per heavy atom. The average Bonchev–Trinajstić information content (AvgIpc) is 2.80. The number of carbonyl (C=O) groups is 1. The van der Waals surface area contributed by atoms with Gasteiger partial charge in [0.05, 0.1) is 4.47 Å². The van der Waals surface area contributed by atoms with Crippen molar-refractivity contribution in [2.75, 3.05) is 6.54 Å². The quantitative estimate of drug-likeness (QED) is 0.343. The van der Waals surface area contributed by atoms with Crippen LogP contribution in [0.4, 0.5) is 0 Å². The van der Waals surface area contributed by atoms with Crippen LogP contribution in [0.3, 0.4) is 0 Å². The van der Waals surface area contributed by atoms with Gasteiger partial charge in [-0.2, -0.15) is 0 Å². The molecular formula is C26H25Br2NO3. The molecule has 4 nitrogen and oxygen atoms in total. The zero-order valence-electron chi connectivity index (χ0n) is 17.6. The van der Waals surface area contributed by atoms with E-state index in [0.29, 0.717) is 19.6 Å². The number of ether oxygens (including phenoxy) is 1. The number of piperidine rings is 1.